The fraction of sp³-hybridized carbons (Fsp3) is 0.391. The lowest BCUT2D eigenvalue weighted by Crippen LogP contribution is -2.50. The van der Waals surface area contributed by atoms with Crippen molar-refractivity contribution in [3.63, 3.8) is 0 Å². The van der Waals surface area contributed by atoms with Crippen molar-refractivity contribution >= 4 is 17.5 Å². The summed E-state index contributed by atoms with van der Waals surface area (Å²) >= 11 is 0. The molecule has 2 saturated heterocycles. The second-order valence-electron chi connectivity index (χ2n) is 7.96. The lowest BCUT2D eigenvalue weighted by Gasteiger charge is -2.37. The van der Waals surface area contributed by atoms with E-state index in [9.17, 15) is 14.7 Å². The van der Waals surface area contributed by atoms with Crippen LogP contribution in [0.15, 0.2) is 48.5 Å². The maximum Gasteiger partial charge on any atom is 0.228 e. The summed E-state index contributed by atoms with van der Waals surface area (Å²) in [5.74, 6) is 0.128. The highest BCUT2D eigenvalue weighted by atomic mass is 16.3. The largest absolute Gasteiger partial charge is 0.506 e. The summed E-state index contributed by atoms with van der Waals surface area (Å²) in [7, 11) is 0. The summed E-state index contributed by atoms with van der Waals surface area (Å²) in [6.45, 7) is 5.66. The van der Waals surface area contributed by atoms with Crippen LogP contribution in [-0.2, 0) is 16.1 Å². The number of phenols is 1. The molecule has 2 aliphatic rings. The second kappa shape index (κ2) is 8.15. The molecule has 0 bridgehead atoms. The van der Waals surface area contributed by atoms with Gasteiger partial charge in [0.1, 0.15) is 5.75 Å². The molecule has 0 aliphatic carbocycles. The molecule has 4 rings (SSSR count). The predicted molar refractivity (Wildman–Crippen MR) is 112 cm³/mol. The molecule has 152 valence electrons. The van der Waals surface area contributed by atoms with Crippen LogP contribution in [0, 0.1) is 12.8 Å². The van der Waals surface area contributed by atoms with Crippen LogP contribution in [0.5, 0.6) is 5.75 Å². The average molecular weight is 393 g/mol. The summed E-state index contributed by atoms with van der Waals surface area (Å²) in [5, 5.41) is 10.0. The highest BCUT2D eigenvalue weighted by Crippen LogP contribution is 2.28. The fourth-order valence-electron chi connectivity index (χ4n) is 4.16. The number of anilines is 1. The Balaban J connectivity index is 1.33. The van der Waals surface area contributed by atoms with Crippen molar-refractivity contribution in [2.75, 3.05) is 37.6 Å². The number of carbonyl (C=O) groups excluding carboxylic acids is 2. The molecule has 0 unspecified atom stereocenters. The maximum absolute atomic E-state index is 13.0. The second-order valence-corrected chi connectivity index (χ2v) is 7.96. The van der Waals surface area contributed by atoms with E-state index in [0.29, 0.717) is 45.7 Å². The number of para-hydroxylation sites is 2. The number of rotatable bonds is 4. The van der Waals surface area contributed by atoms with E-state index >= 15 is 0 Å². The van der Waals surface area contributed by atoms with Crippen LogP contribution in [-0.4, -0.2) is 59.4 Å². The SMILES string of the molecule is Cc1ccc(CN2C[C@@H](C(=O)N3CCN(c4ccccc4O)CC3)CC2=O)cc1. The van der Waals surface area contributed by atoms with Gasteiger partial charge < -0.3 is 19.8 Å². The third-order valence-corrected chi connectivity index (χ3v) is 5.87. The Bertz CT molecular complexity index is 888. The van der Waals surface area contributed by atoms with E-state index in [0.717, 1.165) is 11.3 Å². The first kappa shape index (κ1) is 19.3. The van der Waals surface area contributed by atoms with Gasteiger partial charge in [0.15, 0.2) is 0 Å². The molecule has 0 radical (unpaired) electrons. The smallest absolute Gasteiger partial charge is 0.228 e. The van der Waals surface area contributed by atoms with E-state index in [2.05, 4.69) is 4.90 Å². The lowest BCUT2D eigenvalue weighted by atomic mass is 10.1. The molecule has 2 fully saturated rings. The number of aryl methyl sites for hydroxylation is 1. The van der Waals surface area contributed by atoms with E-state index in [1.807, 2.05) is 48.2 Å². The summed E-state index contributed by atoms with van der Waals surface area (Å²) in [6, 6.07) is 15.4. The maximum atomic E-state index is 13.0. The summed E-state index contributed by atoms with van der Waals surface area (Å²) in [4.78, 5) is 31.2. The molecule has 6 heteroatoms. The Morgan fingerprint density at radius 1 is 1.03 bits per heavy atom. The Kier molecular flexibility index (Phi) is 5.43. The fourth-order valence-corrected chi connectivity index (χ4v) is 4.16. The molecule has 29 heavy (non-hydrogen) atoms. The highest BCUT2D eigenvalue weighted by molar-refractivity contribution is 5.89. The van der Waals surface area contributed by atoms with E-state index in [1.54, 1.807) is 17.0 Å². The zero-order chi connectivity index (χ0) is 20.4. The molecule has 2 aromatic rings. The van der Waals surface area contributed by atoms with Crippen molar-refractivity contribution in [2.45, 2.75) is 19.9 Å². The summed E-state index contributed by atoms with van der Waals surface area (Å²) < 4.78 is 0. The molecule has 0 spiro atoms. The van der Waals surface area contributed by atoms with E-state index < -0.39 is 0 Å². The first-order chi connectivity index (χ1) is 14.0. The van der Waals surface area contributed by atoms with Crippen molar-refractivity contribution in [3.05, 3.63) is 59.7 Å². The van der Waals surface area contributed by atoms with E-state index in [1.165, 1.54) is 5.56 Å². The lowest BCUT2D eigenvalue weighted by molar-refractivity contribution is -0.136. The summed E-state index contributed by atoms with van der Waals surface area (Å²) in [5.41, 5.74) is 3.09. The Hall–Kier alpha value is -3.02. The van der Waals surface area contributed by atoms with Crippen LogP contribution in [0.4, 0.5) is 5.69 Å². The molecule has 2 aliphatic heterocycles. The van der Waals surface area contributed by atoms with Gasteiger partial charge in [0.05, 0.1) is 11.6 Å². The quantitative estimate of drug-likeness (QED) is 0.866. The number of amides is 2. The Morgan fingerprint density at radius 2 is 1.72 bits per heavy atom. The molecule has 2 heterocycles. The first-order valence-corrected chi connectivity index (χ1v) is 10.2. The van der Waals surface area contributed by atoms with Gasteiger partial charge in [-0.3, -0.25) is 9.59 Å². The van der Waals surface area contributed by atoms with Crippen LogP contribution in [0.1, 0.15) is 17.5 Å². The van der Waals surface area contributed by atoms with Crippen molar-refractivity contribution in [2.24, 2.45) is 5.92 Å². The van der Waals surface area contributed by atoms with Crippen LogP contribution in [0.25, 0.3) is 0 Å². The molecular weight excluding hydrogens is 366 g/mol. The zero-order valence-corrected chi connectivity index (χ0v) is 16.8. The highest BCUT2D eigenvalue weighted by Gasteiger charge is 2.37. The minimum atomic E-state index is -0.260. The average Bonchev–Trinajstić information content (AvgIpc) is 3.10. The summed E-state index contributed by atoms with van der Waals surface area (Å²) in [6.07, 6.45) is 0.296. The standard InChI is InChI=1S/C23H27N3O3/c1-17-6-8-18(9-7-17)15-26-16-19(14-22(26)28)23(29)25-12-10-24(11-13-25)20-4-2-3-5-21(20)27/h2-9,19,27H,10-16H2,1H3/t19-/m0/s1. The number of hydrogen-bond acceptors (Lipinski definition) is 4. The van der Waals surface area contributed by atoms with Crippen LogP contribution >= 0.6 is 0 Å². The molecule has 1 atom stereocenters. The Morgan fingerprint density at radius 3 is 2.41 bits per heavy atom. The normalized spacial score (nSPS) is 19.7. The third-order valence-electron chi connectivity index (χ3n) is 5.87. The predicted octanol–water partition coefficient (Wildman–Crippen LogP) is 2.40. The zero-order valence-electron chi connectivity index (χ0n) is 16.8. The van der Waals surface area contributed by atoms with Gasteiger partial charge in [-0.1, -0.05) is 42.0 Å². The molecule has 1 N–H and O–H groups in total. The Labute approximate surface area is 171 Å². The van der Waals surface area contributed by atoms with Gasteiger partial charge in [-0.25, -0.2) is 0 Å². The molecule has 2 amide bonds. The number of nitrogens with zero attached hydrogens (tertiary/aromatic N) is 3. The van der Waals surface area contributed by atoms with Gasteiger partial charge in [0.25, 0.3) is 0 Å². The first-order valence-electron chi connectivity index (χ1n) is 10.2. The van der Waals surface area contributed by atoms with Gasteiger partial charge in [0.2, 0.25) is 11.8 Å². The monoisotopic (exact) mass is 393 g/mol. The van der Waals surface area contributed by atoms with Crippen LogP contribution < -0.4 is 4.90 Å². The van der Waals surface area contributed by atoms with E-state index in [4.69, 9.17) is 0 Å². The van der Waals surface area contributed by atoms with Crippen molar-refractivity contribution in [3.8, 4) is 5.75 Å². The molecule has 0 saturated carbocycles. The molecular formula is C23H27N3O3. The van der Waals surface area contributed by atoms with Crippen molar-refractivity contribution in [1.82, 2.24) is 9.80 Å². The number of piperazine rings is 1. The minimum Gasteiger partial charge on any atom is -0.506 e. The molecule has 2 aromatic carbocycles. The number of likely N-dealkylation sites (tertiary alicyclic amines) is 1. The van der Waals surface area contributed by atoms with Crippen molar-refractivity contribution in [1.29, 1.82) is 0 Å². The van der Waals surface area contributed by atoms with Crippen LogP contribution in [0.2, 0.25) is 0 Å². The number of hydrogen-bond donors (Lipinski definition) is 1. The third kappa shape index (κ3) is 4.21. The van der Waals surface area contributed by atoms with Gasteiger partial charge in [-0.05, 0) is 24.6 Å². The van der Waals surface area contributed by atoms with Gasteiger partial charge in [-0.15, -0.1) is 0 Å². The number of aromatic hydroxyl groups is 1. The number of carbonyl (C=O) groups is 2. The molecule has 6 nitrogen and oxygen atoms in total. The van der Waals surface area contributed by atoms with Crippen LogP contribution in [0.3, 0.4) is 0 Å². The number of phenolic OH excluding ortho intramolecular Hbond substituents is 1. The van der Waals surface area contributed by atoms with Gasteiger partial charge in [-0.2, -0.15) is 0 Å². The minimum absolute atomic E-state index is 0.0526. The van der Waals surface area contributed by atoms with Crippen molar-refractivity contribution < 1.29 is 14.7 Å². The van der Waals surface area contributed by atoms with Gasteiger partial charge >= 0.3 is 0 Å². The molecule has 0 aromatic heterocycles. The van der Waals surface area contributed by atoms with E-state index in [-0.39, 0.29) is 23.5 Å². The topological polar surface area (TPSA) is 64.1 Å². The number of benzene rings is 2. The van der Waals surface area contributed by atoms with Gasteiger partial charge in [0, 0.05) is 45.7 Å².